The van der Waals surface area contributed by atoms with Gasteiger partial charge in [0, 0.05) is 0 Å². The van der Waals surface area contributed by atoms with Crippen LogP contribution in [0.1, 0.15) is 16.2 Å². The summed E-state index contributed by atoms with van der Waals surface area (Å²) in [7, 11) is 1.23. The summed E-state index contributed by atoms with van der Waals surface area (Å²) in [4.78, 5) is 14.7. The minimum atomic E-state index is -0.612. The first kappa shape index (κ1) is 8.54. The highest BCUT2D eigenvalue weighted by atomic mass is 16.5. The molecule has 6 nitrogen and oxygen atoms in total. The second-order valence-electron chi connectivity index (χ2n) is 2.10. The number of carbonyl (C=O) groups is 1. The fraction of sp³-hybridized carbons (Fsp3) is 0.333. The molecule has 1 heterocycles. The molecule has 6 heteroatoms. The molecule has 0 bridgehead atoms. The molecule has 3 N–H and O–H groups in total. The Morgan fingerprint density at radius 1 is 1.92 bits per heavy atom. The summed E-state index contributed by atoms with van der Waals surface area (Å²) >= 11 is 0. The van der Waals surface area contributed by atoms with E-state index in [0.29, 0.717) is 0 Å². The van der Waals surface area contributed by atoms with Crippen molar-refractivity contribution in [2.24, 2.45) is 0 Å². The van der Waals surface area contributed by atoms with Gasteiger partial charge < -0.3 is 15.7 Å². The summed E-state index contributed by atoms with van der Waals surface area (Å²) in [6.07, 6.45) is 1.23. The minimum absolute atomic E-state index is 0.0694. The van der Waals surface area contributed by atoms with Crippen molar-refractivity contribution in [3.05, 3.63) is 17.7 Å². The van der Waals surface area contributed by atoms with Crippen LogP contribution in [0.4, 0.5) is 0 Å². The molecule has 12 heavy (non-hydrogen) atoms. The molecule has 0 amide bonds. The molecule has 0 fully saturated rings. The minimum Gasteiger partial charge on any atom is -0.464 e. The van der Waals surface area contributed by atoms with E-state index in [-0.39, 0.29) is 18.0 Å². The summed E-state index contributed by atoms with van der Waals surface area (Å²) in [5, 5.41) is 8.74. The van der Waals surface area contributed by atoms with Crippen LogP contribution >= 0.6 is 0 Å². The van der Waals surface area contributed by atoms with Gasteiger partial charge in [0.1, 0.15) is 12.0 Å². The van der Waals surface area contributed by atoms with Crippen LogP contribution in [0, 0.1) is 0 Å². The van der Waals surface area contributed by atoms with Gasteiger partial charge >= 0.3 is 5.97 Å². The number of aromatic nitrogens is 2. The van der Waals surface area contributed by atoms with Gasteiger partial charge in [-0.2, -0.15) is 0 Å². The zero-order valence-corrected chi connectivity index (χ0v) is 6.52. The van der Waals surface area contributed by atoms with Gasteiger partial charge in [-0.05, 0) is 0 Å². The molecule has 0 aliphatic heterocycles. The maximum Gasteiger partial charge on any atom is 0.358 e. The van der Waals surface area contributed by atoms with Crippen LogP contribution in [-0.4, -0.2) is 27.8 Å². The van der Waals surface area contributed by atoms with Crippen molar-refractivity contribution in [2.45, 2.75) is 6.61 Å². The summed E-state index contributed by atoms with van der Waals surface area (Å²) in [5.41, 5.74) is 0.282. The second-order valence-corrected chi connectivity index (χ2v) is 2.10. The Bertz CT molecular complexity index is 294. The summed E-state index contributed by atoms with van der Waals surface area (Å²) in [6.45, 7) is -0.339. The molecular weight excluding hydrogens is 162 g/mol. The fourth-order valence-corrected chi connectivity index (χ4v) is 0.835. The lowest BCUT2D eigenvalue weighted by molar-refractivity contribution is 0.0587. The molecule has 0 aliphatic rings. The molecule has 1 rings (SSSR count). The van der Waals surface area contributed by atoms with E-state index in [4.69, 9.17) is 10.9 Å². The number of carbonyl (C=O) groups excluding carboxylic acids is 1. The average molecular weight is 171 g/mol. The van der Waals surface area contributed by atoms with Crippen LogP contribution in [0.2, 0.25) is 0 Å². The van der Waals surface area contributed by atoms with Crippen molar-refractivity contribution in [1.82, 2.24) is 9.66 Å². The highest BCUT2D eigenvalue weighted by Gasteiger charge is 2.16. The maximum atomic E-state index is 11.0. The predicted octanol–water partition coefficient (Wildman–Crippen LogP) is -1.12. The molecule has 0 radical (unpaired) electrons. The van der Waals surface area contributed by atoms with Crippen molar-refractivity contribution in [2.75, 3.05) is 13.0 Å². The number of ether oxygens (including phenoxy) is 1. The zero-order valence-electron chi connectivity index (χ0n) is 6.52. The lowest BCUT2D eigenvalue weighted by atomic mass is 10.3. The first-order chi connectivity index (χ1) is 5.70. The highest BCUT2D eigenvalue weighted by Crippen LogP contribution is 2.05. The van der Waals surface area contributed by atoms with E-state index < -0.39 is 5.97 Å². The Morgan fingerprint density at radius 2 is 2.58 bits per heavy atom. The summed E-state index contributed by atoms with van der Waals surface area (Å²) < 4.78 is 5.44. The number of nitrogens with zero attached hydrogens (tertiary/aromatic N) is 2. The number of nitrogens with two attached hydrogens (primary N) is 1. The van der Waals surface area contributed by atoms with Gasteiger partial charge in [-0.1, -0.05) is 0 Å². The molecule has 0 unspecified atom stereocenters. The smallest absolute Gasteiger partial charge is 0.358 e. The highest BCUT2D eigenvalue weighted by molar-refractivity contribution is 5.88. The molecule has 0 saturated carbocycles. The molecule has 1 aromatic rings. The van der Waals surface area contributed by atoms with Crippen LogP contribution in [0.15, 0.2) is 6.33 Å². The molecular formula is C6H9N3O3. The monoisotopic (exact) mass is 171 g/mol. The van der Waals surface area contributed by atoms with Crippen molar-refractivity contribution >= 4 is 5.97 Å². The molecule has 0 aliphatic carbocycles. The van der Waals surface area contributed by atoms with Gasteiger partial charge in [0.15, 0.2) is 5.69 Å². The third-order valence-electron chi connectivity index (χ3n) is 1.40. The molecule has 1 aromatic heterocycles. The zero-order chi connectivity index (χ0) is 9.14. The first-order valence-corrected chi connectivity index (χ1v) is 3.21. The maximum absolute atomic E-state index is 11.0. The SMILES string of the molecule is COC(=O)c1c(CO)ncn1N. The van der Waals surface area contributed by atoms with E-state index in [2.05, 4.69) is 9.72 Å². The quantitative estimate of drug-likeness (QED) is 0.434. The van der Waals surface area contributed by atoms with Crippen molar-refractivity contribution in [3.63, 3.8) is 0 Å². The van der Waals surface area contributed by atoms with Gasteiger partial charge in [0.05, 0.1) is 13.7 Å². The first-order valence-electron chi connectivity index (χ1n) is 3.21. The summed E-state index contributed by atoms with van der Waals surface area (Å²) in [6, 6.07) is 0. The van der Waals surface area contributed by atoms with Gasteiger partial charge in [-0.25, -0.2) is 14.5 Å². The molecule has 66 valence electrons. The van der Waals surface area contributed by atoms with Crippen LogP contribution in [-0.2, 0) is 11.3 Å². The number of aliphatic hydroxyl groups excluding tert-OH is 1. The van der Waals surface area contributed by atoms with Crippen molar-refractivity contribution < 1.29 is 14.6 Å². The van der Waals surface area contributed by atoms with E-state index in [1.807, 2.05) is 0 Å². The third-order valence-corrected chi connectivity index (χ3v) is 1.40. The van der Waals surface area contributed by atoms with Crippen molar-refractivity contribution in [1.29, 1.82) is 0 Å². The predicted molar refractivity (Wildman–Crippen MR) is 39.6 cm³/mol. The van der Waals surface area contributed by atoms with Crippen molar-refractivity contribution in [3.8, 4) is 0 Å². The van der Waals surface area contributed by atoms with E-state index in [1.54, 1.807) is 0 Å². The van der Waals surface area contributed by atoms with Crippen LogP contribution in [0.3, 0.4) is 0 Å². The number of hydrogen-bond donors (Lipinski definition) is 2. The van der Waals surface area contributed by atoms with Gasteiger partial charge in [-0.3, -0.25) is 0 Å². The van der Waals surface area contributed by atoms with Crippen LogP contribution in [0.25, 0.3) is 0 Å². The lowest BCUT2D eigenvalue weighted by Gasteiger charge is -2.00. The topological polar surface area (TPSA) is 90.4 Å². The number of methoxy groups -OCH3 is 1. The largest absolute Gasteiger partial charge is 0.464 e. The van der Waals surface area contributed by atoms with Crippen LogP contribution < -0.4 is 5.84 Å². The Labute approximate surface area is 68.5 Å². The number of imidazole rings is 1. The number of hydrogen-bond acceptors (Lipinski definition) is 5. The Kier molecular flexibility index (Phi) is 2.29. The lowest BCUT2D eigenvalue weighted by Crippen LogP contribution is -2.17. The Balaban J connectivity index is 3.10. The van der Waals surface area contributed by atoms with E-state index in [1.165, 1.54) is 13.4 Å². The van der Waals surface area contributed by atoms with E-state index in [9.17, 15) is 4.79 Å². The van der Waals surface area contributed by atoms with Gasteiger partial charge in [0.25, 0.3) is 0 Å². The average Bonchev–Trinajstić information content (AvgIpc) is 2.45. The number of esters is 1. The molecule has 0 spiro atoms. The van der Waals surface area contributed by atoms with Gasteiger partial charge in [-0.15, -0.1) is 0 Å². The molecule has 0 atom stereocenters. The standard InChI is InChI=1S/C6H9N3O3/c1-12-6(11)5-4(2-10)8-3-9(5)7/h3,10H,2,7H2,1H3. The molecule has 0 saturated heterocycles. The number of rotatable bonds is 2. The fourth-order valence-electron chi connectivity index (χ4n) is 0.835. The Hall–Kier alpha value is -1.56. The third kappa shape index (κ3) is 1.24. The van der Waals surface area contributed by atoms with E-state index >= 15 is 0 Å². The Morgan fingerprint density at radius 3 is 3.08 bits per heavy atom. The normalized spacial score (nSPS) is 9.83. The summed E-state index contributed by atoms with van der Waals surface area (Å²) in [5.74, 6) is 4.72. The van der Waals surface area contributed by atoms with E-state index in [0.717, 1.165) is 4.68 Å². The number of nitrogen functional groups attached to an aromatic ring is 1. The van der Waals surface area contributed by atoms with Crippen LogP contribution in [0.5, 0.6) is 0 Å². The second kappa shape index (κ2) is 3.22. The molecule has 0 aromatic carbocycles. The van der Waals surface area contributed by atoms with Gasteiger partial charge in [0.2, 0.25) is 0 Å². The number of aliphatic hydroxyl groups is 1.